The minimum Gasteiger partial charge on any atom is -0.324 e. The van der Waals surface area contributed by atoms with E-state index in [1.54, 1.807) is 11.6 Å². The largest absolute Gasteiger partial charge is 0.324 e. The maximum atomic E-state index is 12.2. The summed E-state index contributed by atoms with van der Waals surface area (Å²) < 4.78 is 1.57. The number of amides is 1. The van der Waals surface area contributed by atoms with Crippen LogP contribution in [0.15, 0.2) is 10.9 Å². The fourth-order valence-corrected chi connectivity index (χ4v) is 2.43. The highest BCUT2D eigenvalue weighted by Crippen LogP contribution is 2.27. The van der Waals surface area contributed by atoms with Gasteiger partial charge in [0.2, 0.25) is 5.91 Å². The van der Waals surface area contributed by atoms with Gasteiger partial charge in [0.15, 0.2) is 0 Å². The zero-order valence-corrected chi connectivity index (χ0v) is 13.1. The quantitative estimate of drug-likeness (QED) is 0.657. The van der Waals surface area contributed by atoms with E-state index in [1.165, 1.54) is 0 Å². The molecule has 0 radical (unpaired) electrons. The molecule has 2 aromatic heterocycles. The molecule has 3 N–H and O–H groups in total. The number of nitrogens with one attached hydrogen (secondary N) is 3. The van der Waals surface area contributed by atoms with Crippen LogP contribution in [0.3, 0.4) is 0 Å². The van der Waals surface area contributed by atoms with Gasteiger partial charge in [-0.1, -0.05) is 0 Å². The summed E-state index contributed by atoms with van der Waals surface area (Å²) in [4.78, 5) is 29.2. The number of benzene rings is 1. The third kappa shape index (κ3) is 2.85. The summed E-state index contributed by atoms with van der Waals surface area (Å²) in [5.41, 5.74) is 3.50. The molecular weight excluding hydrogens is 298 g/mol. The summed E-state index contributed by atoms with van der Waals surface area (Å²) in [5, 5.41) is 14.0. The number of tetrazole rings is 1. The molecule has 1 amide bonds. The number of rotatable bonds is 4. The van der Waals surface area contributed by atoms with Crippen molar-refractivity contribution in [1.82, 2.24) is 30.2 Å². The van der Waals surface area contributed by atoms with Gasteiger partial charge in [-0.25, -0.2) is 9.48 Å². The molecule has 3 aromatic rings. The van der Waals surface area contributed by atoms with Gasteiger partial charge in [-0.15, -0.1) is 5.10 Å². The highest BCUT2D eigenvalue weighted by molar-refractivity contribution is 6.01. The lowest BCUT2D eigenvalue weighted by atomic mass is 10.1. The van der Waals surface area contributed by atoms with Gasteiger partial charge in [-0.2, -0.15) is 0 Å². The van der Waals surface area contributed by atoms with Crippen molar-refractivity contribution in [3.8, 4) is 0 Å². The van der Waals surface area contributed by atoms with Crippen LogP contribution in [0, 0.1) is 20.8 Å². The number of H-pyrrole nitrogens is 2. The summed E-state index contributed by atoms with van der Waals surface area (Å²) in [5.74, 6) is 0.485. The van der Waals surface area contributed by atoms with Gasteiger partial charge in [0.25, 0.3) is 0 Å². The Morgan fingerprint density at radius 2 is 2.09 bits per heavy atom. The first-order chi connectivity index (χ1) is 11.0. The van der Waals surface area contributed by atoms with Crippen LogP contribution in [0.25, 0.3) is 11.0 Å². The average Bonchev–Trinajstić information content (AvgIpc) is 3.07. The smallest absolute Gasteiger partial charge is 0.323 e. The molecule has 0 saturated heterocycles. The molecule has 2 heterocycles. The van der Waals surface area contributed by atoms with Crippen molar-refractivity contribution in [1.29, 1.82) is 0 Å². The SMILES string of the molecule is Cc1cc2[nH]c(=O)[nH]c2c(NC(=O)CCn2nnnc2C)c1C. The third-order valence-electron chi connectivity index (χ3n) is 3.86. The number of nitrogens with zero attached hydrogens (tertiary/aromatic N) is 4. The van der Waals surface area contributed by atoms with E-state index in [-0.39, 0.29) is 18.0 Å². The second-order valence-corrected chi connectivity index (χ2v) is 5.44. The number of imidazole rings is 1. The van der Waals surface area contributed by atoms with Crippen LogP contribution < -0.4 is 11.0 Å². The molecule has 0 bridgehead atoms. The molecule has 0 atom stereocenters. The fraction of sp³-hybridized carbons (Fsp3) is 0.357. The van der Waals surface area contributed by atoms with Crippen LogP contribution in [0.5, 0.6) is 0 Å². The van der Waals surface area contributed by atoms with Crippen LogP contribution in [-0.2, 0) is 11.3 Å². The molecule has 0 aliphatic rings. The van der Waals surface area contributed by atoms with Crippen molar-refractivity contribution in [2.75, 3.05) is 5.32 Å². The molecule has 23 heavy (non-hydrogen) atoms. The number of aromatic nitrogens is 6. The Kier molecular flexibility index (Phi) is 3.68. The van der Waals surface area contributed by atoms with Gasteiger partial charge in [0.05, 0.1) is 23.3 Å². The Morgan fingerprint density at radius 3 is 2.78 bits per heavy atom. The second kappa shape index (κ2) is 5.67. The number of fused-ring (bicyclic) bond motifs is 1. The lowest BCUT2D eigenvalue weighted by Gasteiger charge is -2.12. The molecular formula is C14H17N7O2. The normalized spacial score (nSPS) is 11.1. The summed E-state index contributed by atoms with van der Waals surface area (Å²) in [7, 11) is 0. The molecule has 3 rings (SSSR count). The average molecular weight is 315 g/mol. The Labute approximate surface area is 131 Å². The first-order valence-corrected chi connectivity index (χ1v) is 7.20. The summed E-state index contributed by atoms with van der Waals surface area (Å²) in [6.45, 7) is 6.00. The number of hydrogen-bond donors (Lipinski definition) is 3. The van der Waals surface area contributed by atoms with E-state index in [2.05, 4.69) is 30.8 Å². The minimum absolute atomic E-state index is 0.169. The zero-order chi connectivity index (χ0) is 16.6. The van der Waals surface area contributed by atoms with Crippen LogP contribution in [-0.4, -0.2) is 36.1 Å². The van der Waals surface area contributed by atoms with E-state index in [9.17, 15) is 9.59 Å². The number of anilines is 1. The van der Waals surface area contributed by atoms with Crippen LogP contribution in [0.2, 0.25) is 0 Å². The van der Waals surface area contributed by atoms with Gasteiger partial charge in [0, 0.05) is 6.42 Å². The molecule has 0 spiro atoms. The molecule has 0 aliphatic heterocycles. The first-order valence-electron chi connectivity index (χ1n) is 7.20. The monoisotopic (exact) mass is 315 g/mol. The molecule has 0 fully saturated rings. The number of hydrogen-bond acceptors (Lipinski definition) is 5. The topological polar surface area (TPSA) is 121 Å². The molecule has 0 saturated carbocycles. The highest BCUT2D eigenvalue weighted by Gasteiger charge is 2.14. The molecule has 120 valence electrons. The first kappa shape index (κ1) is 14.9. The lowest BCUT2D eigenvalue weighted by molar-refractivity contribution is -0.116. The van der Waals surface area contributed by atoms with Crippen molar-refractivity contribution in [2.45, 2.75) is 33.7 Å². The maximum Gasteiger partial charge on any atom is 0.323 e. The molecule has 0 unspecified atom stereocenters. The molecule has 9 nitrogen and oxygen atoms in total. The Balaban J connectivity index is 1.83. The molecule has 1 aromatic carbocycles. The van der Waals surface area contributed by atoms with Crippen molar-refractivity contribution in [3.63, 3.8) is 0 Å². The summed E-state index contributed by atoms with van der Waals surface area (Å²) in [6.07, 6.45) is 0.232. The Morgan fingerprint density at radius 1 is 1.30 bits per heavy atom. The van der Waals surface area contributed by atoms with E-state index in [0.717, 1.165) is 11.1 Å². The van der Waals surface area contributed by atoms with Crippen LogP contribution >= 0.6 is 0 Å². The molecule has 9 heteroatoms. The number of carbonyl (C=O) groups is 1. The highest BCUT2D eigenvalue weighted by atomic mass is 16.2. The van der Waals surface area contributed by atoms with E-state index < -0.39 is 0 Å². The van der Waals surface area contributed by atoms with Crippen molar-refractivity contribution < 1.29 is 4.79 Å². The van der Waals surface area contributed by atoms with Crippen molar-refractivity contribution in [3.05, 3.63) is 33.5 Å². The number of aryl methyl sites for hydroxylation is 3. The second-order valence-electron chi connectivity index (χ2n) is 5.44. The standard InChI is InChI=1S/C14H17N7O2/c1-7-6-10-13(17-14(23)15-10)12(8(7)2)16-11(22)4-5-21-9(3)18-19-20-21/h6H,4-5H2,1-3H3,(H,16,22)(H2,15,17,23). The van der Waals surface area contributed by atoms with Gasteiger partial charge in [-0.05, 0) is 48.4 Å². The van der Waals surface area contributed by atoms with Crippen LogP contribution in [0.4, 0.5) is 5.69 Å². The van der Waals surface area contributed by atoms with Crippen LogP contribution in [0.1, 0.15) is 23.4 Å². The van der Waals surface area contributed by atoms with Gasteiger partial charge in [0.1, 0.15) is 5.82 Å². The minimum atomic E-state index is -0.301. The summed E-state index contributed by atoms with van der Waals surface area (Å²) in [6, 6.07) is 1.88. The van der Waals surface area contributed by atoms with E-state index in [4.69, 9.17) is 0 Å². The van der Waals surface area contributed by atoms with E-state index in [1.807, 2.05) is 19.9 Å². The predicted octanol–water partition coefficient (Wildman–Crippen LogP) is 0.797. The maximum absolute atomic E-state index is 12.2. The molecule has 0 aliphatic carbocycles. The van der Waals surface area contributed by atoms with Gasteiger partial charge >= 0.3 is 5.69 Å². The fourth-order valence-electron chi connectivity index (χ4n) is 2.43. The Bertz CT molecular complexity index is 934. The third-order valence-corrected chi connectivity index (χ3v) is 3.86. The van der Waals surface area contributed by atoms with Crippen molar-refractivity contribution in [2.24, 2.45) is 0 Å². The zero-order valence-electron chi connectivity index (χ0n) is 13.1. The predicted molar refractivity (Wildman–Crippen MR) is 84.2 cm³/mol. The number of carbonyl (C=O) groups excluding carboxylic acids is 1. The van der Waals surface area contributed by atoms with Gasteiger partial charge < -0.3 is 15.3 Å². The van der Waals surface area contributed by atoms with Crippen molar-refractivity contribution >= 4 is 22.6 Å². The number of aromatic amines is 2. The van der Waals surface area contributed by atoms with E-state index >= 15 is 0 Å². The van der Waals surface area contributed by atoms with E-state index in [0.29, 0.717) is 29.1 Å². The van der Waals surface area contributed by atoms with Gasteiger partial charge in [-0.3, -0.25) is 4.79 Å². The summed E-state index contributed by atoms with van der Waals surface area (Å²) >= 11 is 0. The Hall–Kier alpha value is -2.97. The lowest BCUT2D eigenvalue weighted by Crippen LogP contribution is -2.17.